The summed E-state index contributed by atoms with van der Waals surface area (Å²) in [4.78, 5) is 23.3. The summed E-state index contributed by atoms with van der Waals surface area (Å²) >= 11 is 0. The van der Waals surface area contributed by atoms with Gasteiger partial charge in [-0.15, -0.1) is 13.2 Å². The zero-order valence-corrected chi connectivity index (χ0v) is 13.3. The van der Waals surface area contributed by atoms with E-state index in [1.165, 1.54) is 12.1 Å². The number of carbonyl (C=O) groups excluding carboxylic acids is 2. The number of fused-ring (bicyclic) bond motifs is 1. The molecule has 26 heavy (non-hydrogen) atoms. The molecule has 0 unspecified atom stereocenters. The Morgan fingerprint density at radius 2 is 1.81 bits per heavy atom. The molecule has 0 aliphatic heterocycles. The average molecular weight is 362 g/mol. The molecule has 1 heterocycles. The maximum atomic E-state index is 12.2. The lowest BCUT2D eigenvalue weighted by atomic mass is 10.2. The van der Waals surface area contributed by atoms with Crippen LogP contribution >= 0.6 is 0 Å². The van der Waals surface area contributed by atoms with Gasteiger partial charge in [0.05, 0.1) is 0 Å². The molecule has 0 radical (unpaired) electrons. The Morgan fingerprint density at radius 1 is 1.12 bits per heavy atom. The lowest BCUT2D eigenvalue weighted by Crippen LogP contribution is -2.19. The summed E-state index contributed by atoms with van der Waals surface area (Å²) in [5.74, 6) is -0.754. The third-order valence-corrected chi connectivity index (χ3v) is 3.63. The van der Waals surface area contributed by atoms with Crippen molar-refractivity contribution >= 4 is 28.8 Å². The van der Waals surface area contributed by atoms with Crippen molar-refractivity contribution in [1.82, 2.24) is 4.57 Å². The SMILES string of the molecule is O=Cc1cn(CC(=O)Nc2ccc(OC(F)(F)F)cc2)c2ccccc12. The summed E-state index contributed by atoms with van der Waals surface area (Å²) in [6.45, 7) is -0.0465. The zero-order chi connectivity index (χ0) is 18.7. The summed E-state index contributed by atoms with van der Waals surface area (Å²) < 4.78 is 41.8. The van der Waals surface area contributed by atoms with E-state index in [-0.39, 0.29) is 18.2 Å². The van der Waals surface area contributed by atoms with Crippen LogP contribution in [-0.2, 0) is 11.3 Å². The van der Waals surface area contributed by atoms with Gasteiger partial charge in [-0.25, -0.2) is 0 Å². The number of para-hydroxylation sites is 1. The summed E-state index contributed by atoms with van der Waals surface area (Å²) in [5, 5.41) is 3.33. The number of nitrogens with zero attached hydrogens (tertiary/aromatic N) is 1. The van der Waals surface area contributed by atoms with E-state index < -0.39 is 6.36 Å². The van der Waals surface area contributed by atoms with Crippen LogP contribution in [-0.4, -0.2) is 23.1 Å². The Kier molecular flexibility index (Phi) is 4.66. The molecule has 0 saturated carbocycles. The van der Waals surface area contributed by atoms with E-state index in [4.69, 9.17) is 0 Å². The van der Waals surface area contributed by atoms with Gasteiger partial charge in [-0.3, -0.25) is 9.59 Å². The lowest BCUT2D eigenvalue weighted by Gasteiger charge is -2.10. The third-order valence-electron chi connectivity index (χ3n) is 3.63. The van der Waals surface area contributed by atoms with Gasteiger partial charge in [-0.2, -0.15) is 0 Å². The predicted molar refractivity (Wildman–Crippen MR) is 89.1 cm³/mol. The molecular weight excluding hydrogens is 349 g/mol. The lowest BCUT2D eigenvalue weighted by molar-refractivity contribution is -0.274. The molecule has 1 N–H and O–H groups in total. The number of anilines is 1. The van der Waals surface area contributed by atoms with Crippen molar-refractivity contribution in [3.8, 4) is 5.75 Å². The quantitative estimate of drug-likeness (QED) is 0.698. The number of nitrogens with one attached hydrogen (secondary N) is 1. The van der Waals surface area contributed by atoms with Crippen molar-refractivity contribution in [3.05, 3.63) is 60.3 Å². The molecule has 0 aliphatic carbocycles. The first-order valence-corrected chi connectivity index (χ1v) is 7.54. The maximum absolute atomic E-state index is 12.2. The van der Waals surface area contributed by atoms with Gasteiger partial charge in [0.2, 0.25) is 5.91 Å². The number of amides is 1. The number of ether oxygens (including phenoxy) is 1. The number of hydrogen-bond donors (Lipinski definition) is 1. The summed E-state index contributed by atoms with van der Waals surface area (Å²) in [6, 6.07) is 12.0. The highest BCUT2D eigenvalue weighted by atomic mass is 19.4. The first-order chi connectivity index (χ1) is 12.4. The Balaban J connectivity index is 1.71. The highest BCUT2D eigenvalue weighted by molar-refractivity contribution is 5.99. The summed E-state index contributed by atoms with van der Waals surface area (Å²) in [7, 11) is 0. The van der Waals surface area contributed by atoms with Crippen LogP contribution in [0.2, 0.25) is 0 Å². The molecule has 0 saturated heterocycles. The molecule has 2 aromatic carbocycles. The van der Waals surface area contributed by atoms with E-state index >= 15 is 0 Å². The fourth-order valence-corrected chi connectivity index (χ4v) is 2.60. The molecule has 0 atom stereocenters. The van der Waals surface area contributed by atoms with Crippen molar-refractivity contribution in [1.29, 1.82) is 0 Å². The molecule has 0 spiro atoms. The van der Waals surface area contributed by atoms with Gasteiger partial charge in [0.25, 0.3) is 0 Å². The van der Waals surface area contributed by atoms with Crippen LogP contribution in [0.3, 0.4) is 0 Å². The normalized spacial score (nSPS) is 11.3. The monoisotopic (exact) mass is 362 g/mol. The fourth-order valence-electron chi connectivity index (χ4n) is 2.60. The largest absolute Gasteiger partial charge is 0.573 e. The number of halogens is 3. The first-order valence-electron chi connectivity index (χ1n) is 7.54. The van der Waals surface area contributed by atoms with Gasteiger partial charge in [0.1, 0.15) is 12.3 Å². The fraction of sp³-hybridized carbons (Fsp3) is 0.111. The summed E-state index contributed by atoms with van der Waals surface area (Å²) in [6.07, 6.45) is -2.47. The van der Waals surface area contributed by atoms with E-state index in [1.54, 1.807) is 35.0 Å². The van der Waals surface area contributed by atoms with Crippen LogP contribution in [0.4, 0.5) is 18.9 Å². The standard InChI is InChI=1S/C18H13F3N2O3/c19-18(20,21)26-14-7-5-13(6-8-14)22-17(25)10-23-9-12(11-24)15-3-1-2-4-16(15)23/h1-9,11H,10H2,(H,22,25). The van der Waals surface area contributed by atoms with E-state index in [1.807, 2.05) is 0 Å². The van der Waals surface area contributed by atoms with Crippen LogP contribution in [0.25, 0.3) is 10.9 Å². The number of carbonyl (C=O) groups is 2. The average Bonchev–Trinajstić information content (AvgIpc) is 2.93. The van der Waals surface area contributed by atoms with Crippen LogP contribution in [0.5, 0.6) is 5.75 Å². The second kappa shape index (κ2) is 6.91. The first kappa shape index (κ1) is 17.5. The maximum Gasteiger partial charge on any atom is 0.573 e. The predicted octanol–water partition coefficient (Wildman–Crippen LogP) is 3.99. The van der Waals surface area contributed by atoms with Crippen molar-refractivity contribution in [2.45, 2.75) is 12.9 Å². The molecule has 0 fully saturated rings. The molecular formula is C18H13F3N2O3. The zero-order valence-electron chi connectivity index (χ0n) is 13.3. The van der Waals surface area contributed by atoms with Crippen molar-refractivity contribution in [2.24, 2.45) is 0 Å². The number of aromatic nitrogens is 1. The molecule has 3 rings (SSSR count). The number of benzene rings is 2. The van der Waals surface area contributed by atoms with E-state index in [9.17, 15) is 22.8 Å². The molecule has 5 nitrogen and oxygen atoms in total. The van der Waals surface area contributed by atoms with Gasteiger partial charge >= 0.3 is 6.36 Å². The molecule has 3 aromatic rings. The molecule has 0 bridgehead atoms. The Labute approximate surface area is 146 Å². The van der Waals surface area contributed by atoms with Crippen LogP contribution in [0.15, 0.2) is 54.7 Å². The second-order valence-corrected chi connectivity index (χ2v) is 5.47. The van der Waals surface area contributed by atoms with E-state index in [0.29, 0.717) is 11.3 Å². The van der Waals surface area contributed by atoms with Crippen molar-refractivity contribution < 1.29 is 27.5 Å². The smallest absolute Gasteiger partial charge is 0.406 e. The van der Waals surface area contributed by atoms with Crippen LogP contribution in [0, 0.1) is 0 Å². The minimum atomic E-state index is -4.77. The van der Waals surface area contributed by atoms with E-state index in [2.05, 4.69) is 10.1 Å². The van der Waals surface area contributed by atoms with E-state index in [0.717, 1.165) is 29.3 Å². The van der Waals surface area contributed by atoms with Crippen molar-refractivity contribution in [2.75, 3.05) is 5.32 Å². The Morgan fingerprint density at radius 3 is 2.46 bits per heavy atom. The van der Waals surface area contributed by atoms with Gasteiger partial charge < -0.3 is 14.6 Å². The van der Waals surface area contributed by atoms with Gasteiger partial charge in [-0.05, 0) is 30.3 Å². The highest BCUT2D eigenvalue weighted by Gasteiger charge is 2.30. The van der Waals surface area contributed by atoms with Gasteiger partial charge in [0.15, 0.2) is 6.29 Å². The number of hydrogen-bond acceptors (Lipinski definition) is 3. The molecule has 134 valence electrons. The minimum Gasteiger partial charge on any atom is -0.406 e. The van der Waals surface area contributed by atoms with Crippen LogP contribution < -0.4 is 10.1 Å². The number of alkyl halides is 3. The van der Waals surface area contributed by atoms with Gasteiger partial charge in [-0.1, -0.05) is 18.2 Å². The summed E-state index contributed by atoms with van der Waals surface area (Å²) in [5.41, 5.74) is 1.54. The molecule has 8 heteroatoms. The second-order valence-electron chi connectivity index (χ2n) is 5.47. The third kappa shape index (κ3) is 4.02. The minimum absolute atomic E-state index is 0.0465. The van der Waals surface area contributed by atoms with Crippen LogP contribution in [0.1, 0.15) is 10.4 Å². The number of aldehydes is 1. The topological polar surface area (TPSA) is 60.3 Å². The Bertz CT molecular complexity index is 946. The Hall–Kier alpha value is -3.29. The highest BCUT2D eigenvalue weighted by Crippen LogP contribution is 2.24. The molecule has 1 aromatic heterocycles. The van der Waals surface area contributed by atoms with Crippen molar-refractivity contribution in [3.63, 3.8) is 0 Å². The molecule has 1 amide bonds. The molecule has 0 aliphatic rings. The van der Waals surface area contributed by atoms with Gasteiger partial charge in [0, 0.05) is 28.4 Å². The number of rotatable bonds is 5.